The van der Waals surface area contributed by atoms with E-state index in [4.69, 9.17) is 11.6 Å². The van der Waals surface area contributed by atoms with Gasteiger partial charge in [-0.15, -0.1) is 0 Å². The molecule has 100 valence electrons. The van der Waals surface area contributed by atoms with Crippen LogP contribution < -0.4 is 0 Å². The van der Waals surface area contributed by atoms with Gasteiger partial charge in [0.15, 0.2) is 0 Å². The third kappa shape index (κ3) is 2.21. The Bertz CT molecular complexity index is 695. The van der Waals surface area contributed by atoms with Gasteiger partial charge >= 0.3 is 0 Å². The maximum atomic E-state index is 5.99. The minimum Gasteiger partial charge on any atom is -0.257 e. The first-order valence-corrected chi connectivity index (χ1v) is 6.79. The molecule has 0 N–H and O–H groups in total. The molecule has 0 amide bonds. The molecule has 0 unspecified atom stereocenters. The molecule has 0 spiro atoms. The van der Waals surface area contributed by atoms with Crippen LogP contribution in [-0.2, 0) is 6.42 Å². The van der Waals surface area contributed by atoms with Gasteiger partial charge in [0.05, 0.1) is 17.1 Å². The molecule has 0 atom stereocenters. The van der Waals surface area contributed by atoms with Crippen LogP contribution in [0.5, 0.6) is 0 Å². The number of pyridine rings is 1. The van der Waals surface area contributed by atoms with Crippen LogP contribution in [0.3, 0.4) is 0 Å². The van der Waals surface area contributed by atoms with Crippen LogP contribution in [0.15, 0.2) is 65.2 Å². The van der Waals surface area contributed by atoms with Crippen molar-refractivity contribution < 1.29 is 0 Å². The molecule has 20 heavy (non-hydrogen) atoms. The number of fused-ring (bicyclic) bond motifs is 1. The summed E-state index contributed by atoms with van der Waals surface area (Å²) in [6.07, 6.45) is 10.4. The largest absolute Gasteiger partial charge is 0.257 e. The summed E-state index contributed by atoms with van der Waals surface area (Å²) in [5, 5.41) is 6.57. The Morgan fingerprint density at radius 3 is 3.05 bits per heavy atom. The second-order valence-electron chi connectivity index (χ2n) is 4.63. The third-order valence-electron chi connectivity index (χ3n) is 3.33. The van der Waals surface area contributed by atoms with Crippen molar-refractivity contribution in [1.29, 1.82) is 0 Å². The second-order valence-corrected chi connectivity index (χ2v) is 5.01. The molecule has 2 aliphatic rings. The molecule has 1 aromatic heterocycles. The number of halogens is 1. The Morgan fingerprint density at radius 1 is 1.45 bits per heavy atom. The van der Waals surface area contributed by atoms with Gasteiger partial charge in [0.2, 0.25) is 0 Å². The quantitative estimate of drug-likeness (QED) is 0.824. The van der Waals surface area contributed by atoms with Crippen LogP contribution in [0, 0.1) is 0 Å². The lowest BCUT2D eigenvalue weighted by molar-refractivity contribution is 0.475. The predicted molar refractivity (Wildman–Crippen MR) is 83.1 cm³/mol. The van der Waals surface area contributed by atoms with Crippen molar-refractivity contribution in [3.63, 3.8) is 0 Å². The van der Waals surface area contributed by atoms with Gasteiger partial charge in [0.25, 0.3) is 0 Å². The van der Waals surface area contributed by atoms with Crippen molar-refractivity contribution in [2.75, 3.05) is 0 Å². The van der Waals surface area contributed by atoms with Crippen LogP contribution in [0.4, 0.5) is 0 Å². The summed E-state index contributed by atoms with van der Waals surface area (Å²) in [7, 11) is 0. The smallest absolute Gasteiger partial charge is 0.150 e. The maximum absolute atomic E-state index is 5.99. The Hall–Kier alpha value is -2.13. The lowest BCUT2D eigenvalue weighted by atomic mass is 10.1. The Kier molecular flexibility index (Phi) is 3.28. The number of hydrogen-bond donors (Lipinski definition) is 0. The number of nitrogens with zero attached hydrogens (tertiary/aromatic N) is 3. The van der Waals surface area contributed by atoms with E-state index >= 15 is 0 Å². The average Bonchev–Trinajstić information content (AvgIpc) is 2.87. The molecule has 0 fully saturated rings. The average molecular weight is 284 g/mol. The third-order valence-corrected chi connectivity index (χ3v) is 3.53. The molecular weight excluding hydrogens is 270 g/mol. The van der Waals surface area contributed by atoms with E-state index in [1.54, 1.807) is 11.1 Å². The predicted octanol–water partition coefficient (Wildman–Crippen LogP) is 3.86. The van der Waals surface area contributed by atoms with Gasteiger partial charge in [-0.3, -0.25) is 4.98 Å². The van der Waals surface area contributed by atoms with E-state index in [1.807, 2.05) is 31.3 Å². The van der Waals surface area contributed by atoms with Crippen LogP contribution >= 0.6 is 11.6 Å². The molecule has 0 saturated heterocycles. The highest BCUT2D eigenvalue weighted by Gasteiger charge is 2.22. The Labute approximate surface area is 123 Å². The fourth-order valence-corrected chi connectivity index (χ4v) is 2.54. The zero-order valence-electron chi connectivity index (χ0n) is 11.2. The zero-order valence-corrected chi connectivity index (χ0v) is 11.9. The summed E-state index contributed by atoms with van der Waals surface area (Å²) < 4.78 is 0. The zero-order chi connectivity index (χ0) is 14.1. The molecule has 0 saturated carbocycles. The second kappa shape index (κ2) is 5.10. The van der Waals surface area contributed by atoms with E-state index in [9.17, 15) is 0 Å². The molecule has 2 heterocycles. The number of hydrogen-bond acceptors (Lipinski definition) is 3. The minimum atomic E-state index is 0.450. The fraction of sp³-hybridized carbons (Fsp3) is 0.125. The van der Waals surface area contributed by atoms with Crippen molar-refractivity contribution in [3.8, 4) is 0 Å². The van der Waals surface area contributed by atoms with Crippen molar-refractivity contribution in [2.45, 2.75) is 13.3 Å². The van der Waals surface area contributed by atoms with Crippen LogP contribution in [-0.4, -0.2) is 15.2 Å². The highest BCUT2D eigenvalue weighted by atomic mass is 35.5. The van der Waals surface area contributed by atoms with E-state index < -0.39 is 0 Å². The standard InChI is InChI=1S/C16H14ClN3/c1-3-15(20-11(2)6-7-16(17)19-20)13-9-12-5-4-8-18-14(12)10-13/h3-8,10H,2,9H2,1H3/b15-3-. The summed E-state index contributed by atoms with van der Waals surface area (Å²) in [6.45, 7) is 6.00. The lowest BCUT2D eigenvalue weighted by Crippen LogP contribution is -2.19. The van der Waals surface area contributed by atoms with Crippen molar-refractivity contribution in [1.82, 2.24) is 9.99 Å². The topological polar surface area (TPSA) is 28.5 Å². The molecule has 3 nitrogen and oxygen atoms in total. The molecule has 0 bridgehead atoms. The van der Waals surface area contributed by atoms with Crippen LogP contribution in [0.1, 0.15) is 18.2 Å². The van der Waals surface area contributed by atoms with Crippen LogP contribution in [0.25, 0.3) is 6.08 Å². The van der Waals surface area contributed by atoms with Gasteiger partial charge < -0.3 is 0 Å². The van der Waals surface area contributed by atoms with Crippen molar-refractivity contribution in [2.24, 2.45) is 5.10 Å². The van der Waals surface area contributed by atoms with Gasteiger partial charge in [0.1, 0.15) is 5.17 Å². The number of allylic oxidation sites excluding steroid dienone is 4. The summed E-state index contributed by atoms with van der Waals surface area (Å²) in [5.41, 5.74) is 5.22. The molecule has 1 aliphatic carbocycles. The molecule has 4 heteroatoms. The molecular formula is C16H14ClN3. The van der Waals surface area contributed by atoms with Crippen molar-refractivity contribution in [3.05, 3.63) is 71.4 Å². The van der Waals surface area contributed by atoms with Gasteiger partial charge in [0, 0.05) is 12.6 Å². The summed E-state index contributed by atoms with van der Waals surface area (Å²) in [5.74, 6) is 0. The van der Waals surface area contributed by atoms with E-state index in [0.29, 0.717) is 5.17 Å². The van der Waals surface area contributed by atoms with E-state index in [-0.39, 0.29) is 0 Å². The van der Waals surface area contributed by atoms with Crippen molar-refractivity contribution >= 4 is 22.8 Å². The highest BCUT2D eigenvalue weighted by Crippen LogP contribution is 2.32. The normalized spacial score (nSPS) is 18.0. The fourth-order valence-electron chi connectivity index (χ4n) is 2.40. The molecule has 1 aromatic rings. The van der Waals surface area contributed by atoms with Gasteiger partial charge in [-0.1, -0.05) is 30.3 Å². The maximum Gasteiger partial charge on any atom is 0.150 e. The summed E-state index contributed by atoms with van der Waals surface area (Å²) >= 11 is 5.99. The SMILES string of the molecule is C=C1C=CC(Cl)=NN1/C(=C\C)C1=Cc2ncccc2C1. The molecule has 0 aromatic carbocycles. The van der Waals surface area contributed by atoms with Gasteiger partial charge in [-0.2, -0.15) is 5.10 Å². The summed E-state index contributed by atoms with van der Waals surface area (Å²) in [6, 6.07) is 4.06. The first kappa shape index (κ1) is 12.9. The minimum absolute atomic E-state index is 0.450. The number of hydrazone groups is 1. The van der Waals surface area contributed by atoms with Gasteiger partial charge in [-0.05, 0) is 42.4 Å². The monoisotopic (exact) mass is 283 g/mol. The van der Waals surface area contributed by atoms with E-state index in [2.05, 4.69) is 28.8 Å². The number of rotatable bonds is 2. The summed E-state index contributed by atoms with van der Waals surface area (Å²) in [4.78, 5) is 4.38. The Balaban J connectivity index is 1.94. The van der Waals surface area contributed by atoms with Crippen LogP contribution in [0.2, 0.25) is 0 Å². The molecule has 3 rings (SSSR count). The lowest BCUT2D eigenvalue weighted by Gasteiger charge is -2.25. The molecule has 1 aliphatic heterocycles. The number of aromatic nitrogens is 1. The Morgan fingerprint density at radius 2 is 2.30 bits per heavy atom. The highest BCUT2D eigenvalue weighted by molar-refractivity contribution is 6.68. The molecule has 0 radical (unpaired) electrons. The first-order chi connectivity index (χ1) is 9.69. The van der Waals surface area contributed by atoms with E-state index in [0.717, 1.165) is 23.5 Å². The van der Waals surface area contributed by atoms with E-state index in [1.165, 1.54) is 11.1 Å². The van der Waals surface area contributed by atoms with Gasteiger partial charge in [-0.25, -0.2) is 5.01 Å². The first-order valence-electron chi connectivity index (χ1n) is 6.41.